The molecule has 0 bridgehead atoms. The SMILES string of the molecule is COC(=O)c1ccccc1S(=O)(=O)Nc1ccc(Br)cc1Cl. The summed E-state index contributed by atoms with van der Waals surface area (Å²) in [6.45, 7) is 0. The Balaban J connectivity index is 2.45. The molecule has 5 nitrogen and oxygen atoms in total. The normalized spacial score (nSPS) is 11.0. The molecular weight excluding hydrogens is 394 g/mol. The summed E-state index contributed by atoms with van der Waals surface area (Å²) in [6.07, 6.45) is 0. The summed E-state index contributed by atoms with van der Waals surface area (Å²) in [4.78, 5) is 11.5. The molecule has 1 N–H and O–H groups in total. The van der Waals surface area contributed by atoms with Crippen molar-refractivity contribution in [1.82, 2.24) is 0 Å². The van der Waals surface area contributed by atoms with Crippen LogP contribution in [-0.2, 0) is 14.8 Å². The first kappa shape index (κ1) is 16.8. The molecule has 0 unspecified atom stereocenters. The highest BCUT2D eigenvalue weighted by atomic mass is 79.9. The van der Waals surface area contributed by atoms with Crippen LogP contribution in [0.25, 0.3) is 0 Å². The van der Waals surface area contributed by atoms with Crippen LogP contribution in [0.4, 0.5) is 5.69 Å². The van der Waals surface area contributed by atoms with E-state index in [0.29, 0.717) is 0 Å². The van der Waals surface area contributed by atoms with Crippen LogP contribution in [0.3, 0.4) is 0 Å². The fourth-order valence-corrected chi connectivity index (χ4v) is 3.80. The van der Waals surface area contributed by atoms with E-state index < -0.39 is 16.0 Å². The number of hydrogen-bond acceptors (Lipinski definition) is 4. The van der Waals surface area contributed by atoms with Gasteiger partial charge in [0, 0.05) is 4.47 Å². The van der Waals surface area contributed by atoms with Gasteiger partial charge in [0.05, 0.1) is 23.4 Å². The Kier molecular flexibility index (Phi) is 5.10. The number of ether oxygens (including phenoxy) is 1. The molecule has 0 aromatic heterocycles. The average Bonchev–Trinajstić information content (AvgIpc) is 2.49. The van der Waals surface area contributed by atoms with Gasteiger partial charge in [-0.25, -0.2) is 13.2 Å². The number of halogens is 2. The Morgan fingerprint density at radius 2 is 1.91 bits per heavy atom. The second kappa shape index (κ2) is 6.68. The molecule has 0 atom stereocenters. The zero-order valence-corrected chi connectivity index (χ0v) is 14.5. The Bertz CT molecular complexity index is 823. The van der Waals surface area contributed by atoms with Crippen molar-refractivity contribution < 1.29 is 17.9 Å². The van der Waals surface area contributed by atoms with Gasteiger partial charge in [0.15, 0.2) is 0 Å². The number of sulfonamides is 1. The average molecular weight is 405 g/mol. The third-order valence-electron chi connectivity index (χ3n) is 2.76. The third kappa shape index (κ3) is 3.60. The number of carbonyl (C=O) groups excluding carboxylic acids is 1. The van der Waals surface area contributed by atoms with Crippen molar-refractivity contribution in [3.8, 4) is 0 Å². The molecule has 22 heavy (non-hydrogen) atoms. The van der Waals surface area contributed by atoms with Gasteiger partial charge in [-0.2, -0.15) is 0 Å². The summed E-state index contributed by atoms with van der Waals surface area (Å²) in [5.41, 5.74) is 0.162. The second-order valence-corrected chi connectivity index (χ2v) is 7.19. The number of hydrogen-bond donors (Lipinski definition) is 1. The number of nitrogens with one attached hydrogen (secondary N) is 1. The van der Waals surface area contributed by atoms with Crippen LogP contribution in [0.15, 0.2) is 51.8 Å². The molecule has 2 aromatic rings. The molecule has 116 valence electrons. The van der Waals surface area contributed by atoms with E-state index in [2.05, 4.69) is 25.4 Å². The van der Waals surface area contributed by atoms with Gasteiger partial charge in [-0.3, -0.25) is 4.72 Å². The van der Waals surface area contributed by atoms with Crippen LogP contribution < -0.4 is 4.72 Å². The van der Waals surface area contributed by atoms with E-state index in [1.165, 1.54) is 31.4 Å². The Morgan fingerprint density at radius 3 is 2.55 bits per heavy atom. The zero-order valence-electron chi connectivity index (χ0n) is 11.3. The van der Waals surface area contributed by atoms with E-state index in [4.69, 9.17) is 11.6 Å². The smallest absolute Gasteiger partial charge is 0.339 e. The predicted octanol–water partition coefficient (Wildman–Crippen LogP) is 3.69. The number of methoxy groups -OCH3 is 1. The van der Waals surface area contributed by atoms with E-state index in [-0.39, 0.29) is 21.2 Å². The summed E-state index contributed by atoms with van der Waals surface area (Å²) in [6, 6.07) is 10.5. The minimum Gasteiger partial charge on any atom is -0.465 e. The van der Waals surface area contributed by atoms with Crippen molar-refractivity contribution in [2.24, 2.45) is 0 Å². The predicted molar refractivity (Wildman–Crippen MR) is 87.7 cm³/mol. The first-order valence-electron chi connectivity index (χ1n) is 6.00. The lowest BCUT2D eigenvalue weighted by molar-refractivity contribution is 0.0596. The number of carbonyl (C=O) groups is 1. The molecule has 0 aliphatic carbocycles. The van der Waals surface area contributed by atoms with Gasteiger partial charge in [-0.15, -0.1) is 0 Å². The number of anilines is 1. The molecule has 0 spiro atoms. The summed E-state index contributed by atoms with van der Waals surface area (Å²) in [5.74, 6) is -0.733. The second-order valence-electron chi connectivity index (χ2n) is 4.22. The number of rotatable bonds is 4. The number of benzene rings is 2. The molecule has 0 heterocycles. The maximum Gasteiger partial charge on any atom is 0.339 e. The van der Waals surface area contributed by atoms with Crippen LogP contribution in [-0.4, -0.2) is 21.5 Å². The van der Waals surface area contributed by atoms with Crippen molar-refractivity contribution in [1.29, 1.82) is 0 Å². The Hall–Kier alpha value is -1.57. The van der Waals surface area contributed by atoms with E-state index in [0.717, 1.165) is 4.47 Å². The minimum absolute atomic E-state index is 0.0502. The molecule has 2 aromatic carbocycles. The fourth-order valence-electron chi connectivity index (χ4n) is 1.75. The molecule has 0 fully saturated rings. The largest absolute Gasteiger partial charge is 0.465 e. The molecule has 0 aliphatic heterocycles. The highest BCUT2D eigenvalue weighted by molar-refractivity contribution is 9.10. The van der Waals surface area contributed by atoms with Crippen molar-refractivity contribution >= 4 is 49.2 Å². The topological polar surface area (TPSA) is 72.5 Å². The van der Waals surface area contributed by atoms with Gasteiger partial charge < -0.3 is 4.74 Å². The quantitative estimate of drug-likeness (QED) is 0.789. The maximum atomic E-state index is 12.5. The highest BCUT2D eigenvalue weighted by Gasteiger charge is 2.23. The van der Waals surface area contributed by atoms with E-state index in [1.807, 2.05) is 0 Å². The van der Waals surface area contributed by atoms with E-state index in [1.54, 1.807) is 18.2 Å². The summed E-state index contributed by atoms with van der Waals surface area (Å²) < 4.78 is 32.7. The fraction of sp³-hybridized carbons (Fsp3) is 0.0714. The van der Waals surface area contributed by atoms with Crippen LogP contribution in [0.1, 0.15) is 10.4 Å². The van der Waals surface area contributed by atoms with E-state index >= 15 is 0 Å². The highest BCUT2D eigenvalue weighted by Crippen LogP contribution is 2.28. The Labute approximate surface area is 141 Å². The van der Waals surface area contributed by atoms with Crippen LogP contribution in [0, 0.1) is 0 Å². The lowest BCUT2D eigenvalue weighted by Gasteiger charge is -2.12. The summed E-state index contributed by atoms with van der Waals surface area (Å²) in [5, 5.41) is 0.230. The standard InChI is InChI=1S/C14H11BrClNO4S/c1-21-14(18)10-4-2-3-5-13(10)22(19,20)17-12-7-6-9(15)8-11(12)16/h2-8,17H,1H3. The first-order valence-corrected chi connectivity index (χ1v) is 8.66. The molecule has 0 radical (unpaired) electrons. The van der Waals surface area contributed by atoms with E-state index in [9.17, 15) is 13.2 Å². The summed E-state index contributed by atoms with van der Waals surface area (Å²) >= 11 is 9.24. The Morgan fingerprint density at radius 1 is 1.23 bits per heavy atom. The molecule has 0 aliphatic rings. The van der Waals surface area contributed by atoms with Crippen molar-refractivity contribution in [2.45, 2.75) is 4.90 Å². The monoisotopic (exact) mass is 403 g/mol. The molecular formula is C14H11BrClNO4S. The van der Waals surface area contributed by atoms with Crippen LogP contribution in [0.5, 0.6) is 0 Å². The van der Waals surface area contributed by atoms with Gasteiger partial charge in [0.1, 0.15) is 4.90 Å². The van der Waals surface area contributed by atoms with Crippen LogP contribution in [0.2, 0.25) is 5.02 Å². The minimum atomic E-state index is -3.99. The molecule has 0 saturated heterocycles. The molecule has 0 saturated carbocycles. The van der Waals surface area contributed by atoms with Crippen molar-refractivity contribution in [3.05, 3.63) is 57.5 Å². The first-order chi connectivity index (χ1) is 10.3. The lowest BCUT2D eigenvalue weighted by Crippen LogP contribution is -2.17. The van der Waals surface area contributed by atoms with Gasteiger partial charge in [-0.05, 0) is 30.3 Å². The van der Waals surface area contributed by atoms with Gasteiger partial charge in [0.2, 0.25) is 0 Å². The zero-order chi connectivity index (χ0) is 16.3. The lowest BCUT2D eigenvalue weighted by atomic mass is 10.2. The third-order valence-corrected chi connectivity index (χ3v) is 4.99. The van der Waals surface area contributed by atoms with Gasteiger partial charge in [0.25, 0.3) is 10.0 Å². The van der Waals surface area contributed by atoms with Crippen molar-refractivity contribution in [3.63, 3.8) is 0 Å². The summed E-state index contributed by atoms with van der Waals surface area (Å²) in [7, 11) is -2.80. The van der Waals surface area contributed by atoms with Crippen molar-refractivity contribution in [2.75, 3.05) is 11.8 Å². The molecule has 2 rings (SSSR count). The van der Waals surface area contributed by atoms with Gasteiger partial charge in [-0.1, -0.05) is 39.7 Å². The van der Waals surface area contributed by atoms with Crippen LogP contribution >= 0.6 is 27.5 Å². The number of esters is 1. The maximum absolute atomic E-state index is 12.5. The van der Waals surface area contributed by atoms with Gasteiger partial charge >= 0.3 is 5.97 Å². The molecule has 0 amide bonds. The molecule has 8 heteroatoms.